The standard InChI is InChI=1S/C16H30N2O/c1-10(2)14-16(19)18(15(17-14)11(3)4)9-13-7-6-12(5)8-13/h10-15,17H,6-9H2,1-5H3. The number of nitrogens with one attached hydrogen (secondary N) is 1. The highest BCUT2D eigenvalue weighted by atomic mass is 16.2. The van der Waals surface area contributed by atoms with Crippen LogP contribution in [0.1, 0.15) is 53.9 Å². The number of carbonyl (C=O) groups excluding carboxylic acids is 1. The third-order valence-corrected chi connectivity index (χ3v) is 4.79. The molecule has 2 rings (SSSR count). The van der Waals surface area contributed by atoms with Gasteiger partial charge >= 0.3 is 0 Å². The van der Waals surface area contributed by atoms with E-state index in [1.54, 1.807) is 0 Å². The van der Waals surface area contributed by atoms with Gasteiger partial charge in [0.25, 0.3) is 0 Å². The molecule has 0 aromatic heterocycles. The maximum absolute atomic E-state index is 12.6. The van der Waals surface area contributed by atoms with Crippen LogP contribution in [0.2, 0.25) is 0 Å². The molecule has 2 aliphatic rings. The van der Waals surface area contributed by atoms with Crippen LogP contribution in [0.25, 0.3) is 0 Å². The topological polar surface area (TPSA) is 32.3 Å². The average molecular weight is 266 g/mol. The molecule has 4 atom stereocenters. The molecule has 1 N–H and O–H groups in total. The normalized spacial score (nSPS) is 35.9. The number of hydrogen-bond donors (Lipinski definition) is 1. The zero-order valence-electron chi connectivity index (χ0n) is 13.1. The quantitative estimate of drug-likeness (QED) is 0.848. The maximum Gasteiger partial charge on any atom is 0.241 e. The van der Waals surface area contributed by atoms with Gasteiger partial charge in [-0.05, 0) is 36.5 Å². The maximum atomic E-state index is 12.6. The van der Waals surface area contributed by atoms with Gasteiger partial charge in [0.2, 0.25) is 5.91 Å². The van der Waals surface area contributed by atoms with Crippen molar-refractivity contribution in [3.05, 3.63) is 0 Å². The van der Waals surface area contributed by atoms with E-state index in [1.165, 1.54) is 19.3 Å². The van der Waals surface area contributed by atoms with Crippen LogP contribution in [0, 0.1) is 23.7 Å². The van der Waals surface area contributed by atoms with Crippen LogP contribution in [0.15, 0.2) is 0 Å². The van der Waals surface area contributed by atoms with Crippen molar-refractivity contribution in [2.75, 3.05) is 6.54 Å². The molecule has 1 saturated carbocycles. The van der Waals surface area contributed by atoms with Gasteiger partial charge in [0.15, 0.2) is 0 Å². The first-order valence-corrected chi connectivity index (χ1v) is 7.96. The Bertz CT molecular complexity index is 327. The summed E-state index contributed by atoms with van der Waals surface area (Å²) in [6.45, 7) is 12.0. The van der Waals surface area contributed by atoms with Crippen molar-refractivity contribution in [3.63, 3.8) is 0 Å². The minimum Gasteiger partial charge on any atom is -0.325 e. The molecule has 110 valence electrons. The van der Waals surface area contributed by atoms with E-state index in [0.717, 1.165) is 12.5 Å². The van der Waals surface area contributed by atoms with Gasteiger partial charge in [-0.2, -0.15) is 0 Å². The van der Waals surface area contributed by atoms with Crippen LogP contribution >= 0.6 is 0 Å². The lowest BCUT2D eigenvalue weighted by atomic mass is 10.0. The van der Waals surface area contributed by atoms with E-state index < -0.39 is 0 Å². The molecule has 1 aliphatic carbocycles. The van der Waals surface area contributed by atoms with E-state index in [-0.39, 0.29) is 12.2 Å². The minimum atomic E-state index is 0.0197. The Balaban J connectivity index is 2.05. The van der Waals surface area contributed by atoms with Gasteiger partial charge < -0.3 is 4.90 Å². The highest BCUT2D eigenvalue weighted by Gasteiger charge is 2.42. The fourth-order valence-corrected chi connectivity index (χ4v) is 3.66. The molecule has 3 nitrogen and oxygen atoms in total. The first-order valence-electron chi connectivity index (χ1n) is 7.96. The number of rotatable bonds is 4. The molecule has 1 amide bonds. The number of nitrogens with zero attached hydrogens (tertiary/aromatic N) is 1. The van der Waals surface area contributed by atoms with Crippen molar-refractivity contribution in [1.82, 2.24) is 10.2 Å². The second-order valence-electron chi connectivity index (χ2n) is 7.35. The van der Waals surface area contributed by atoms with Crippen molar-refractivity contribution in [2.45, 2.75) is 66.1 Å². The Kier molecular flexibility index (Phi) is 4.54. The molecule has 0 aromatic carbocycles. The highest BCUT2D eigenvalue weighted by Crippen LogP contribution is 2.33. The second-order valence-corrected chi connectivity index (χ2v) is 7.35. The lowest BCUT2D eigenvalue weighted by Crippen LogP contribution is -2.43. The summed E-state index contributed by atoms with van der Waals surface area (Å²) in [6.07, 6.45) is 4.15. The largest absolute Gasteiger partial charge is 0.325 e. The van der Waals surface area contributed by atoms with Crippen LogP contribution in [0.5, 0.6) is 0 Å². The van der Waals surface area contributed by atoms with Crippen molar-refractivity contribution in [2.24, 2.45) is 23.7 Å². The Labute approximate surface area is 118 Å². The lowest BCUT2D eigenvalue weighted by Gasteiger charge is -2.29. The van der Waals surface area contributed by atoms with Crippen molar-refractivity contribution in [3.8, 4) is 0 Å². The second kappa shape index (κ2) is 5.82. The van der Waals surface area contributed by atoms with Gasteiger partial charge in [0.1, 0.15) is 0 Å². The lowest BCUT2D eigenvalue weighted by molar-refractivity contribution is -0.131. The van der Waals surface area contributed by atoms with E-state index in [9.17, 15) is 4.79 Å². The molecule has 0 radical (unpaired) electrons. The van der Waals surface area contributed by atoms with Crippen LogP contribution in [0.3, 0.4) is 0 Å². The summed E-state index contributed by atoms with van der Waals surface area (Å²) in [5.41, 5.74) is 0. The van der Waals surface area contributed by atoms with Gasteiger partial charge in [-0.3, -0.25) is 10.1 Å². The van der Waals surface area contributed by atoms with Gasteiger partial charge in [-0.1, -0.05) is 41.0 Å². The summed E-state index contributed by atoms with van der Waals surface area (Å²) in [6, 6.07) is 0.0197. The van der Waals surface area contributed by atoms with Gasteiger partial charge in [-0.25, -0.2) is 0 Å². The number of carbonyl (C=O) groups is 1. The molecule has 1 heterocycles. The van der Waals surface area contributed by atoms with Crippen LogP contribution in [-0.4, -0.2) is 29.6 Å². The zero-order valence-corrected chi connectivity index (χ0v) is 13.1. The first-order chi connectivity index (χ1) is 8.90. The summed E-state index contributed by atoms with van der Waals surface area (Å²) in [5.74, 6) is 2.74. The fourth-order valence-electron chi connectivity index (χ4n) is 3.66. The molecule has 0 aromatic rings. The Morgan fingerprint density at radius 2 is 1.89 bits per heavy atom. The molecular formula is C16H30N2O. The van der Waals surface area contributed by atoms with Gasteiger partial charge in [0.05, 0.1) is 12.2 Å². The molecule has 19 heavy (non-hydrogen) atoms. The van der Waals surface area contributed by atoms with E-state index in [2.05, 4.69) is 44.8 Å². The Morgan fingerprint density at radius 3 is 2.37 bits per heavy atom. The monoisotopic (exact) mass is 266 g/mol. The van der Waals surface area contributed by atoms with E-state index in [0.29, 0.717) is 23.7 Å². The van der Waals surface area contributed by atoms with Crippen molar-refractivity contribution >= 4 is 5.91 Å². The van der Waals surface area contributed by atoms with E-state index in [1.807, 2.05) is 0 Å². The van der Waals surface area contributed by atoms with Crippen molar-refractivity contribution in [1.29, 1.82) is 0 Å². The van der Waals surface area contributed by atoms with E-state index >= 15 is 0 Å². The SMILES string of the molecule is CC1CCC(CN2C(=O)C(C(C)C)NC2C(C)C)C1. The molecule has 0 bridgehead atoms. The summed E-state index contributed by atoms with van der Waals surface area (Å²) in [7, 11) is 0. The molecule has 3 heteroatoms. The molecule has 4 unspecified atom stereocenters. The molecule has 2 fully saturated rings. The molecule has 0 spiro atoms. The fraction of sp³-hybridized carbons (Fsp3) is 0.938. The molecular weight excluding hydrogens is 236 g/mol. The van der Waals surface area contributed by atoms with Crippen LogP contribution in [0.4, 0.5) is 0 Å². The minimum absolute atomic E-state index is 0.0197. The summed E-state index contributed by atoms with van der Waals surface area (Å²) in [5, 5.41) is 3.55. The summed E-state index contributed by atoms with van der Waals surface area (Å²) < 4.78 is 0. The van der Waals surface area contributed by atoms with Crippen LogP contribution in [-0.2, 0) is 4.79 Å². The van der Waals surface area contributed by atoms with Crippen LogP contribution < -0.4 is 5.32 Å². The van der Waals surface area contributed by atoms with E-state index in [4.69, 9.17) is 0 Å². The van der Waals surface area contributed by atoms with Crippen molar-refractivity contribution < 1.29 is 4.79 Å². The predicted octanol–water partition coefficient (Wildman–Crippen LogP) is 2.86. The smallest absolute Gasteiger partial charge is 0.241 e. The zero-order chi connectivity index (χ0) is 14.2. The first kappa shape index (κ1) is 14.8. The number of hydrogen-bond acceptors (Lipinski definition) is 2. The molecule has 1 saturated heterocycles. The Hall–Kier alpha value is -0.570. The third-order valence-electron chi connectivity index (χ3n) is 4.79. The average Bonchev–Trinajstić information content (AvgIpc) is 2.85. The number of amides is 1. The van der Waals surface area contributed by atoms with Gasteiger partial charge in [-0.15, -0.1) is 0 Å². The summed E-state index contributed by atoms with van der Waals surface area (Å²) >= 11 is 0. The highest BCUT2D eigenvalue weighted by molar-refractivity contribution is 5.84. The van der Waals surface area contributed by atoms with Gasteiger partial charge in [0, 0.05) is 6.54 Å². The molecule has 1 aliphatic heterocycles. The predicted molar refractivity (Wildman–Crippen MR) is 78.6 cm³/mol. The third kappa shape index (κ3) is 3.13. The Morgan fingerprint density at radius 1 is 1.21 bits per heavy atom. The summed E-state index contributed by atoms with van der Waals surface area (Å²) in [4.78, 5) is 14.7.